The fourth-order valence-electron chi connectivity index (χ4n) is 3.44. The number of amides is 2. The second-order valence-electron chi connectivity index (χ2n) is 7.38. The Kier molecular flexibility index (Phi) is 6.47. The zero-order valence-electron chi connectivity index (χ0n) is 17.3. The molecule has 0 aliphatic carbocycles. The minimum atomic E-state index is -0.453. The molecule has 160 valence electrons. The number of nitrogens with one attached hydrogen (secondary N) is 2. The fourth-order valence-corrected chi connectivity index (χ4v) is 4.13. The fraction of sp³-hybridized carbons (Fsp3) is 0.261. The molecule has 3 aromatic rings. The van der Waals surface area contributed by atoms with Gasteiger partial charge in [-0.15, -0.1) is 11.3 Å². The van der Waals surface area contributed by atoms with Gasteiger partial charge < -0.3 is 9.64 Å². The molecule has 8 heteroatoms. The average Bonchev–Trinajstić information content (AvgIpc) is 3.27. The monoisotopic (exact) mass is 436 g/mol. The van der Waals surface area contributed by atoms with Gasteiger partial charge in [0.15, 0.2) is 0 Å². The number of fused-ring (bicyclic) bond motifs is 1. The van der Waals surface area contributed by atoms with Crippen molar-refractivity contribution in [3.05, 3.63) is 75.7 Å². The van der Waals surface area contributed by atoms with Gasteiger partial charge in [-0.05, 0) is 43.5 Å². The van der Waals surface area contributed by atoms with Crippen molar-refractivity contribution < 1.29 is 14.3 Å². The van der Waals surface area contributed by atoms with Crippen LogP contribution in [0.1, 0.15) is 33.0 Å². The summed E-state index contributed by atoms with van der Waals surface area (Å²) in [4.78, 5) is 31.0. The number of carbonyl (C=O) groups is 2. The maximum Gasteiger partial charge on any atom is 0.289 e. The second-order valence-corrected chi connectivity index (χ2v) is 8.33. The summed E-state index contributed by atoms with van der Waals surface area (Å²) in [7, 11) is 0. The molecule has 0 saturated heterocycles. The highest BCUT2D eigenvalue weighted by Gasteiger charge is 2.19. The third kappa shape index (κ3) is 5.40. The van der Waals surface area contributed by atoms with Crippen molar-refractivity contribution in [2.45, 2.75) is 26.4 Å². The van der Waals surface area contributed by atoms with Crippen LogP contribution in [0.4, 0.5) is 5.69 Å². The molecule has 1 aliphatic rings. The number of carbonyl (C=O) groups excluding carboxylic acids is 2. The van der Waals surface area contributed by atoms with Crippen LogP contribution in [0, 0.1) is 6.92 Å². The number of aryl methyl sites for hydroxylation is 2. The Labute approximate surface area is 185 Å². The van der Waals surface area contributed by atoms with E-state index in [4.69, 9.17) is 4.74 Å². The van der Waals surface area contributed by atoms with Crippen LogP contribution in [0.15, 0.2) is 53.9 Å². The van der Waals surface area contributed by atoms with Crippen LogP contribution < -0.4 is 20.5 Å². The lowest BCUT2D eigenvalue weighted by atomic mass is 10.0. The Hall–Kier alpha value is -3.39. The number of hydrogen-bond donors (Lipinski definition) is 2. The zero-order valence-corrected chi connectivity index (χ0v) is 18.1. The summed E-state index contributed by atoms with van der Waals surface area (Å²) in [6.45, 7) is 3.29. The Morgan fingerprint density at radius 3 is 2.77 bits per heavy atom. The number of hydrazine groups is 1. The van der Waals surface area contributed by atoms with Crippen LogP contribution in [0.3, 0.4) is 0 Å². The van der Waals surface area contributed by atoms with E-state index in [9.17, 15) is 9.59 Å². The molecule has 7 nitrogen and oxygen atoms in total. The van der Waals surface area contributed by atoms with Gasteiger partial charge >= 0.3 is 0 Å². The number of anilines is 1. The molecule has 2 heterocycles. The third-order valence-corrected chi connectivity index (χ3v) is 5.85. The predicted octanol–water partition coefficient (Wildman–Crippen LogP) is 3.24. The summed E-state index contributed by atoms with van der Waals surface area (Å²) < 4.78 is 5.69. The number of benzene rings is 2. The predicted molar refractivity (Wildman–Crippen MR) is 120 cm³/mol. The number of nitrogens with zero attached hydrogens (tertiary/aromatic N) is 2. The SMILES string of the molecule is Cc1ccc(OCc2nc(C(=O)NNC(=O)CN3CCCc4ccccc43)cs2)cc1. The molecule has 0 unspecified atom stereocenters. The van der Waals surface area contributed by atoms with Crippen molar-refractivity contribution >= 4 is 28.8 Å². The molecule has 0 radical (unpaired) electrons. The normalized spacial score (nSPS) is 12.7. The van der Waals surface area contributed by atoms with E-state index in [-0.39, 0.29) is 24.8 Å². The molecular weight excluding hydrogens is 412 g/mol. The Morgan fingerprint density at radius 2 is 1.94 bits per heavy atom. The molecule has 0 fully saturated rings. The van der Waals surface area contributed by atoms with Crippen LogP contribution in [-0.4, -0.2) is 29.9 Å². The van der Waals surface area contributed by atoms with Crippen LogP contribution in [0.2, 0.25) is 0 Å². The number of rotatable bonds is 6. The van der Waals surface area contributed by atoms with E-state index >= 15 is 0 Å². The molecular formula is C23H24N4O3S. The molecule has 0 atom stereocenters. The topological polar surface area (TPSA) is 83.6 Å². The highest BCUT2D eigenvalue weighted by Crippen LogP contribution is 2.26. The summed E-state index contributed by atoms with van der Waals surface area (Å²) in [5.74, 6) is 0.0202. The summed E-state index contributed by atoms with van der Waals surface area (Å²) >= 11 is 1.34. The first kappa shape index (κ1) is 20.9. The van der Waals surface area contributed by atoms with Crippen molar-refractivity contribution in [3.8, 4) is 5.75 Å². The maximum atomic E-state index is 12.3. The van der Waals surface area contributed by atoms with Crippen LogP contribution >= 0.6 is 11.3 Å². The quantitative estimate of drug-likeness (QED) is 0.580. The minimum absolute atomic E-state index is 0.185. The minimum Gasteiger partial charge on any atom is -0.486 e. The van der Waals surface area contributed by atoms with E-state index in [2.05, 4.69) is 21.9 Å². The maximum absolute atomic E-state index is 12.3. The van der Waals surface area contributed by atoms with E-state index in [0.29, 0.717) is 5.01 Å². The molecule has 2 N–H and O–H groups in total. The molecule has 0 saturated carbocycles. The average molecular weight is 437 g/mol. The van der Waals surface area contributed by atoms with Crippen LogP contribution in [0.25, 0.3) is 0 Å². The van der Waals surface area contributed by atoms with Crippen molar-refractivity contribution in [3.63, 3.8) is 0 Å². The summed E-state index contributed by atoms with van der Waals surface area (Å²) in [5.41, 5.74) is 8.65. The lowest BCUT2D eigenvalue weighted by Gasteiger charge is -2.30. The summed E-state index contributed by atoms with van der Waals surface area (Å²) in [5, 5.41) is 2.33. The highest BCUT2D eigenvalue weighted by atomic mass is 32.1. The second kappa shape index (κ2) is 9.61. The first-order valence-electron chi connectivity index (χ1n) is 10.1. The van der Waals surface area contributed by atoms with Crippen molar-refractivity contribution in [1.29, 1.82) is 0 Å². The smallest absolute Gasteiger partial charge is 0.289 e. The number of thiazole rings is 1. The first-order valence-corrected chi connectivity index (χ1v) is 11.0. The molecule has 2 aromatic carbocycles. The van der Waals surface area contributed by atoms with Crippen molar-refractivity contribution in [2.24, 2.45) is 0 Å². The van der Waals surface area contributed by atoms with Gasteiger partial charge in [0.1, 0.15) is 23.1 Å². The third-order valence-electron chi connectivity index (χ3n) is 5.02. The lowest BCUT2D eigenvalue weighted by Crippen LogP contribution is -2.47. The number of hydrogen-bond acceptors (Lipinski definition) is 6. The van der Waals surface area contributed by atoms with Gasteiger partial charge in [-0.2, -0.15) is 0 Å². The Morgan fingerprint density at radius 1 is 1.13 bits per heavy atom. The number of aromatic nitrogens is 1. The summed E-state index contributed by atoms with van der Waals surface area (Å²) in [6.07, 6.45) is 2.02. The molecule has 31 heavy (non-hydrogen) atoms. The standard InChI is InChI=1S/C23H24N4O3S/c1-16-8-10-18(11-9-16)30-14-22-24-19(15-31-22)23(29)26-25-21(28)13-27-12-4-6-17-5-2-3-7-20(17)27/h2-3,5,7-11,15H,4,6,12-14H2,1H3,(H,25,28)(H,26,29). The van der Waals surface area contributed by atoms with Gasteiger partial charge in [-0.1, -0.05) is 35.9 Å². The van der Waals surface area contributed by atoms with Gasteiger partial charge in [-0.3, -0.25) is 20.4 Å². The van der Waals surface area contributed by atoms with Gasteiger partial charge in [-0.25, -0.2) is 4.98 Å². The van der Waals surface area contributed by atoms with Gasteiger partial charge in [0, 0.05) is 17.6 Å². The number of para-hydroxylation sites is 1. The van der Waals surface area contributed by atoms with E-state index in [1.807, 2.05) is 54.3 Å². The van der Waals surface area contributed by atoms with Gasteiger partial charge in [0.05, 0.1) is 6.54 Å². The zero-order chi connectivity index (χ0) is 21.6. The van der Waals surface area contributed by atoms with E-state index in [1.54, 1.807) is 5.38 Å². The van der Waals surface area contributed by atoms with E-state index < -0.39 is 5.91 Å². The van der Waals surface area contributed by atoms with E-state index in [1.165, 1.54) is 16.9 Å². The van der Waals surface area contributed by atoms with Crippen LogP contribution in [0.5, 0.6) is 5.75 Å². The Balaban J connectivity index is 1.25. The highest BCUT2D eigenvalue weighted by molar-refractivity contribution is 7.09. The van der Waals surface area contributed by atoms with Crippen molar-refractivity contribution in [1.82, 2.24) is 15.8 Å². The Bertz CT molecular complexity index is 1060. The van der Waals surface area contributed by atoms with E-state index in [0.717, 1.165) is 36.4 Å². The van der Waals surface area contributed by atoms with Gasteiger partial charge in [0.2, 0.25) is 0 Å². The largest absolute Gasteiger partial charge is 0.486 e. The lowest BCUT2D eigenvalue weighted by molar-refractivity contribution is -0.120. The number of ether oxygens (including phenoxy) is 1. The molecule has 4 rings (SSSR count). The van der Waals surface area contributed by atoms with Crippen LogP contribution in [-0.2, 0) is 17.8 Å². The van der Waals surface area contributed by atoms with Crippen molar-refractivity contribution in [2.75, 3.05) is 18.0 Å². The molecule has 1 aromatic heterocycles. The molecule has 0 bridgehead atoms. The molecule has 0 spiro atoms. The first-order chi connectivity index (χ1) is 15.1. The summed E-state index contributed by atoms with van der Waals surface area (Å²) in [6, 6.07) is 15.8. The van der Waals surface area contributed by atoms with Gasteiger partial charge in [0.25, 0.3) is 11.8 Å². The molecule has 1 aliphatic heterocycles. The molecule has 2 amide bonds.